The number of para-hydroxylation sites is 1. The molecule has 0 aliphatic rings. The monoisotopic (exact) mass is 393 g/mol. The summed E-state index contributed by atoms with van der Waals surface area (Å²) in [5.74, 6) is -0.237. The molecule has 1 N–H and O–H groups in total. The van der Waals surface area contributed by atoms with E-state index in [1.165, 1.54) is 14.7 Å². The highest BCUT2D eigenvalue weighted by atomic mass is 16.2. The molecule has 0 radical (unpaired) electrons. The largest absolute Gasteiger partial charge is 0.352 e. The third kappa shape index (κ3) is 4.83. The Balaban J connectivity index is 1.77. The van der Waals surface area contributed by atoms with Crippen LogP contribution in [0.3, 0.4) is 0 Å². The summed E-state index contributed by atoms with van der Waals surface area (Å²) < 4.78 is 2.61. The van der Waals surface area contributed by atoms with Gasteiger partial charge in [-0.2, -0.15) is 0 Å². The van der Waals surface area contributed by atoms with E-state index in [0.717, 1.165) is 12.8 Å². The fourth-order valence-corrected chi connectivity index (χ4v) is 3.51. The predicted octanol–water partition coefficient (Wildman–Crippen LogP) is 2.71. The standard InChI is InChI=1S/C23H27N3O3/c1-3-15-25-22(28)19-11-7-8-12-20(19)26(23(25)29)16-21(27)24-17(2)13-14-18-9-5-4-6-10-18/h4-12,17H,3,13-16H2,1-2H3,(H,24,27). The van der Waals surface area contributed by atoms with Gasteiger partial charge in [-0.25, -0.2) is 4.79 Å². The van der Waals surface area contributed by atoms with Crippen LogP contribution in [-0.4, -0.2) is 21.1 Å². The molecule has 1 heterocycles. The summed E-state index contributed by atoms with van der Waals surface area (Å²) >= 11 is 0. The molecule has 0 aliphatic heterocycles. The number of carbonyl (C=O) groups excluding carboxylic acids is 1. The molecule has 1 unspecified atom stereocenters. The van der Waals surface area contributed by atoms with E-state index in [0.29, 0.717) is 23.9 Å². The van der Waals surface area contributed by atoms with Gasteiger partial charge in [0.15, 0.2) is 0 Å². The minimum atomic E-state index is -0.442. The maximum absolute atomic E-state index is 12.9. The number of aryl methyl sites for hydroxylation is 1. The van der Waals surface area contributed by atoms with Crippen LogP contribution in [0.1, 0.15) is 32.3 Å². The number of carbonyl (C=O) groups is 1. The van der Waals surface area contributed by atoms with Gasteiger partial charge < -0.3 is 5.32 Å². The lowest BCUT2D eigenvalue weighted by molar-refractivity contribution is -0.122. The zero-order valence-electron chi connectivity index (χ0n) is 16.9. The van der Waals surface area contributed by atoms with Crippen LogP contribution in [0.4, 0.5) is 0 Å². The predicted molar refractivity (Wildman–Crippen MR) is 115 cm³/mol. The molecule has 0 fully saturated rings. The van der Waals surface area contributed by atoms with Crippen LogP contribution in [0.25, 0.3) is 10.9 Å². The van der Waals surface area contributed by atoms with E-state index in [1.807, 2.05) is 32.0 Å². The lowest BCUT2D eigenvalue weighted by atomic mass is 10.1. The molecule has 2 aromatic carbocycles. The van der Waals surface area contributed by atoms with E-state index in [2.05, 4.69) is 17.4 Å². The van der Waals surface area contributed by atoms with Crippen molar-refractivity contribution in [3.8, 4) is 0 Å². The first-order chi connectivity index (χ1) is 14.0. The van der Waals surface area contributed by atoms with E-state index in [1.54, 1.807) is 24.3 Å². The second kappa shape index (κ2) is 9.37. The van der Waals surface area contributed by atoms with E-state index in [-0.39, 0.29) is 24.1 Å². The van der Waals surface area contributed by atoms with Crippen LogP contribution in [0.5, 0.6) is 0 Å². The first-order valence-corrected chi connectivity index (χ1v) is 10.1. The molecular formula is C23H27N3O3. The molecule has 1 aromatic heterocycles. The second-order valence-corrected chi connectivity index (χ2v) is 7.34. The molecule has 1 atom stereocenters. The van der Waals surface area contributed by atoms with Crippen molar-refractivity contribution in [2.75, 3.05) is 0 Å². The highest BCUT2D eigenvalue weighted by Crippen LogP contribution is 2.08. The minimum absolute atomic E-state index is 0.0220. The number of benzene rings is 2. The molecule has 152 valence electrons. The van der Waals surface area contributed by atoms with Gasteiger partial charge in [0.25, 0.3) is 5.56 Å². The first kappa shape index (κ1) is 20.6. The number of rotatable bonds is 8. The molecule has 0 spiro atoms. The minimum Gasteiger partial charge on any atom is -0.352 e. The summed E-state index contributed by atoms with van der Waals surface area (Å²) in [4.78, 5) is 38.1. The average Bonchev–Trinajstić information content (AvgIpc) is 2.73. The first-order valence-electron chi connectivity index (χ1n) is 10.1. The van der Waals surface area contributed by atoms with E-state index in [4.69, 9.17) is 0 Å². The summed E-state index contributed by atoms with van der Waals surface area (Å²) in [7, 11) is 0. The van der Waals surface area contributed by atoms with Crippen LogP contribution < -0.4 is 16.6 Å². The van der Waals surface area contributed by atoms with Crippen LogP contribution >= 0.6 is 0 Å². The molecule has 0 saturated heterocycles. The Bertz CT molecular complexity index is 1100. The van der Waals surface area contributed by atoms with Crippen LogP contribution in [0, 0.1) is 0 Å². The molecular weight excluding hydrogens is 366 g/mol. The SMILES string of the molecule is CCCn1c(=O)c2ccccc2n(CC(=O)NC(C)CCc2ccccc2)c1=O. The molecule has 0 aliphatic carbocycles. The van der Waals surface area contributed by atoms with Gasteiger partial charge in [-0.05, 0) is 43.9 Å². The fraction of sp³-hybridized carbons (Fsp3) is 0.348. The lowest BCUT2D eigenvalue weighted by Crippen LogP contribution is -2.43. The normalized spacial score (nSPS) is 12.1. The Morgan fingerprint density at radius 1 is 1.00 bits per heavy atom. The Kier molecular flexibility index (Phi) is 6.65. The molecule has 0 saturated carbocycles. The molecule has 0 bridgehead atoms. The Morgan fingerprint density at radius 2 is 1.69 bits per heavy atom. The van der Waals surface area contributed by atoms with Crippen molar-refractivity contribution in [2.45, 2.75) is 52.2 Å². The van der Waals surface area contributed by atoms with Gasteiger partial charge in [0.1, 0.15) is 6.54 Å². The van der Waals surface area contributed by atoms with Crippen LogP contribution in [-0.2, 0) is 24.3 Å². The summed E-state index contributed by atoms with van der Waals surface area (Å²) in [6.45, 7) is 4.09. The summed E-state index contributed by atoms with van der Waals surface area (Å²) in [5.41, 5.74) is 0.965. The number of nitrogens with one attached hydrogen (secondary N) is 1. The van der Waals surface area contributed by atoms with Gasteiger partial charge in [-0.1, -0.05) is 49.4 Å². The fourth-order valence-electron chi connectivity index (χ4n) is 3.51. The maximum atomic E-state index is 12.9. The zero-order valence-corrected chi connectivity index (χ0v) is 16.9. The van der Waals surface area contributed by atoms with Crippen molar-refractivity contribution in [1.82, 2.24) is 14.5 Å². The van der Waals surface area contributed by atoms with Crippen LogP contribution in [0.2, 0.25) is 0 Å². The van der Waals surface area contributed by atoms with Gasteiger partial charge in [0.05, 0.1) is 10.9 Å². The van der Waals surface area contributed by atoms with Crippen molar-refractivity contribution >= 4 is 16.8 Å². The van der Waals surface area contributed by atoms with Crippen molar-refractivity contribution in [3.05, 3.63) is 81.0 Å². The summed E-state index contributed by atoms with van der Waals surface area (Å²) in [5, 5.41) is 3.42. The van der Waals surface area contributed by atoms with Gasteiger partial charge in [0.2, 0.25) is 5.91 Å². The van der Waals surface area contributed by atoms with Crippen LogP contribution in [0.15, 0.2) is 64.2 Å². The van der Waals surface area contributed by atoms with E-state index < -0.39 is 5.69 Å². The molecule has 1 amide bonds. The lowest BCUT2D eigenvalue weighted by Gasteiger charge is -2.17. The van der Waals surface area contributed by atoms with Gasteiger partial charge in [-0.3, -0.25) is 18.7 Å². The highest BCUT2D eigenvalue weighted by molar-refractivity contribution is 5.81. The molecule has 6 heteroatoms. The topological polar surface area (TPSA) is 73.1 Å². The second-order valence-electron chi connectivity index (χ2n) is 7.34. The van der Waals surface area contributed by atoms with Crippen molar-refractivity contribution in [1.29, 1.82) is 0 Å². The number of hydrogen-bond donors (Lipinski definition) is 1. The number of aromatic nitrogens is 2. The zero-order chi connectivity index (χ0) is 20.8. The van der Waals surface area contributed by atoms with E-state index >= 15 is 0 Å². The number of hydrogen-bond acceptors (Lipinski definition) is 3. The third-order valence-electron chi connectivity index (χ3n) is 5.00. The Morgan fingerprint density at radius 3 is 2.41 bits per heavy atom. The van der Waals surface area contributed by atoms with Crippen molar-refractivity contribution < 1.29 is 4.79 Å². The highest BCUT2D eigenvalue weighted by Gasteiger charge is 2.15. The van der Waals surface area contributed by atoms with Gasteiger partial charge in [0, 0.05) is 12.6 Å². The third-order valence-corrected chi connectivity index (χ3v) is 5.00. The number of amides is 1. The Labute approximate surface area is 169 Å². The van der Waals surface area contributed by atoms with E-state index in [9.17, 15) is 14.4 Å². The van der Waals surface area contributed by atoms with Gasteiger partial charge in [-0.15, -0.1) is 0 Å². The summed E-state index contributed by atoms with van der Waals surface area (Å²) in [6, 6.07) is 17.0. The van der Waals surface area contributed by atoms with Crippen molar-refractivity contribution in [3.63, 3.8) is 0 Å². The maximum Gasteiger partial charge on any atom is 0.331 e. The number of fused-ring (bicyclic) bond motifs is 1. The smallest absolute Gasteiger partial charge is 0.331 e. The molecule has 3 rings (SSSR count). The summed E-state index contributed by atoms with van der Waals surface area (Å²) in [6.07, 6.45) is 2.34. The number of nitrogens with zero attached hydrogens (tertiary/aromatic N) is 2. The Hall–Kier alpha value is -3.15. The average molecular weight is 393 g/mol. The quantitative estimate of drug-likeness (QED) is 0.640. The van der Waals surface area contributed by atoms with Crippen molar-refractivity contribution in [2.24, 2.45) is 0 Å². The van der Waals surface area contributed by atoms with Gasteiger partial charge >= 0.3 is 5.69 Å². The molecule has 6 nitrogen and oxygen atoms in total. The molecule has 29 heavy (non-hydrogen) atoms. The molecule has 3 aromatic rings.